The minimum absolute atomic E-state index is 0.0831. The smallest absolute Gasteiger partial charge is 0.211 e. The second-order valence-electron chi connectivity index (χ2n) is 3.57. The third kappa shape index (κ3) is 9.10. The van der Waals surface area contributed by atoms with E-state index in [0.717, 1.165) is 6.26 Å². The Hall–Kier alpha value is 0.150. The van der Waals surface area contributed by atoms with E-state index >= 15 is 0 Å². The van der Waals surface area contributed by atoms with Crippen LogP contribution in [0.2, 0.25) is 0 Å². The van der Waals surface area contributed by atoms with Crippen LogP contribution in [0.25, 0.3) is 0 Å². The SMILES string of the molecule is CC(CCl)CS(=O)(=O)NCCS(C)(=O)=O. The molecule has 0 amide bonds. The minimum atomic E-state index is -3.41. The first-order valence-electron chi connectivity index (χ1n) is 4.37. The molecule has 0 fully saturated rings. The van der Waals surface area contributed by atoms with Crippen molar-refractivity contribution in [1.29, 1.82) is 0 Å². The molecular weight excluding hydrogens is 262 g/mol. The lowest BCUT2D eigenvalue weighted by molar-refractivity contribution is 0.570. The Morgan fingerprint density at radius 1 is 1.27 bits per heavy atom. The summed E-state index contributed by atoms with van der Waals surface area (Å²) in [4.78, 5) is 0. The first kappa shape index (κ1) is 15.2. The molecule has 0 aliphatic heterocycles. The second-order valence-corrected chi connectivity index (χ2v) is 7.98. The number of hydrogen-bond donors (Lipinski definition) is 1. The first-order valence-corrected chi connectivity index (χ1v) is 8.62. The average Bonchev–Trinajstić information content (AvgIpc) is 2.00. The van der Waals surface area contributed by atoms with Crippen molar-refractivity contribution in [3.63, 3.8) is 0 Å². The molecule has 0 heterocycles. The van der Waals surface area contributed by atoms with E-state index < -0.39 is 19.9 Å². The molecule has 92 valence electrons. The number of sulfonamides is 1. The van der Waals surface area contributed by atoms with Crippen LogP contribution in [0.5, 0.6) is 0 Å². The highest BCUT2D eigenvalue weighted by Gasteiger charge is 2.15. The molecule has 0 aromatic heterocycles. The summed E-state index contributed by atoms with van der Waals surface area (Å²) in [5, 5.41) is 0. The molecule has 0 aliphatic carbocycles. The van der Waals surface area contributed by atoms with Gasteiger partial charge in [-0.2, -0.15) is 0 Å². The molecule has 0 aliphatic rings. The van der Waals surface area contributed by atoms with Gasteiger partial charge in [-0.25, -0.2) is 21.6 Å². The van der Waals surface area contributed by atoms with E-state index in [1.54, 1.807) is 6.92 Å². The summed E-state index contributed by atoms with van der Waals surface area (Å²) in [5.41, 5.74) is 0. The molecule has 15 heavy (non-hydrogen) atoms. The van der Waals surface area contributed by atoms with Gasteiger partial charge in [-0.15, -0.1) is 11.6 Å². The van der Waals surface area contributed by atoms with Crippen molar-refractivity contribution in [1.82, 2.24) is 4.72 Å². The Kier molecular flexibility index (Phi) is 6.09. The van der Waals surface area contributed by atoms with Gasteiger partial charge >= 0.3 is 0 Å². The first-order chi connectivity index (χ1) is 6.66. The van der Waals surface area contributed by atoms with E-state index in [2.05, 4.69) is 4.72 Å². The monoisotopic (exact) mass is 277 g/mol. The number of hydrogen-bond acceptors (Lipinski definition) is 4. The molecule has 5 nitrogen and oxygen atoms in total. The fourth-order valence-corrected chi connectivity index (χ4v) is 3.10. The van der Waals surface area contributed by atoms with E-state index in [-0.39, 0.29) is 29.8 Å². The molecule has 0 bridgehead atoms. The van der Waals surface area contributed by atoms with E-state index in [4.69, 9.17) is 11.6 Å². The summed E-state index contributed by atoms with van der Waals surface area (Å²) in [7, 11) is -6.55. The van der Waals surface area contributed by atoms with Gasteiger partial charge in [-0.3, -0.25) is 0 Å². The van der Waals surface area contributed by atoms with Crippen molar-refractivity contribution in [2.24, 2.45) is 5.92 Å². The van der Waals surface area contributed by atoms with Crippen molar-refractivity contribution in [3.8, 4) is 0 Å². The summed E-state index contributed by atoms with van der Waals surface area (Å²) < 4.78 is 46.3. The zero-order valence-corrected chi connectivity index (χ0v) is 11.1. The van der Waals surface area contributed by atoms with Crippen LogP contribution in [0, 0.1) is 5.92 Å². The van der Waals surface area contributed by atoms with Crippen molar-refractivity contribution in [2.45, 2.75) is 6.92 Å². The molecule has 0 aromatic rings. The van der Waals surface area contributed by atoms with Gasteiger partial charge in [0.25, 0.3) is 0 Å². The van der Waals surface area contributed by atoms with Crippen LogP contribution >= 0.6 is 11.6 Å². The summed E-state index contributed by atoms with van der Waals surface area (Å²) >= 11 is 5.48. The predicted molar refractivity (Wildman–Crippen MR) is 61.4 cm³/mol. The van der Waals surface area contributed by atoms with Crippen LogP contribution in [0.4, 0.5) is 0 Å². The molecule has 0 aromatic carbocycles. The van der Waals surface area contributed by atoms with Gasteiger partial charge in [0.05, 0.1) is 11.5 Å². The highest BCUT2D eigenvalue weighted by atomic mass is 35.5. The van der Waals surface area contributed by atoms with Crippen molar-refractivity contribution in [2.75, 3.05) is 30.2 Å². The van der Waals surface area contributed by atoms with Gasteiger partial charge in [0.15, 0.2) is 0 Å². The largest absolute Gasteiger partial charge is 0.229 e. The molecule has 1 atom stereocenters. The highest BCUT2D eigenvalue weighted by molar-refractivity contribution is 7.91. The number of rotatable bonds is 7. The van der Waals surface area contributed by atoms with Gasteiger partial charge in [-0.05, 0) is 5.92 Å². The lowest BCUT2D eigenvalue weighted by Gasteiger charge is -2.09. The number of nitrogens with one attached hydrogen (secondary N) is 1. The van der Waals surface area contributed by atoms with Gasteiger partial charge in [-0.1, -0.05) is 6.92 Å². The Balaban J connectivity index is 4.07. The minimum Gasteiger partial charge on any atom is -0.229 e. The Morgan fingerprint density at radius 2 is 1.80 bits per heavy atom. The van der Waals surface area contributed by atoms with E-state index in [9.17, 15) is 16.8 Å². The Bertz CT molecular complexity index is 376. The number of alkyl halides is 1. The normalized spacial score (nSPS) is 15.1. The quantitative estimate of drug-likeness (QED) is 0.655. The van der Waals surface area contributed by atoms with Crippen LogP contribution < -0.4 is 4.72 Å². The third-order valence-electron chi connectivity index (χ3n) is 1.56. The van der Waals surface area contributed by atoms with Crippen LogP contribution in [0.3, 0.4) is 0 Å². The lowest BCUT2D eigenvalue weighted by Crippen LogP contribution is -2.33. The number of halogens is 1. The van der Waals surface area contributed by atoms with Crippen LogP contribution in [-0.2, 0) is 19.9 Å². The highest BCUT2D eigenvalue weighted by Crippen LogP contribution is 2.01. The maximum atomic E-state index is 11.3. The Labute approximate surface area is 96.2 Å². The predicted octanol–water partition coefficient (Wildman–Crippen LogP) is -0.175. The summed E-state index contributed by atoms with van der Waals surface area (Å²) in [6.45, 7) is 1.62. The molecule has 0 saturated heterocycles. The molecule has 8 heteroatoms. The fourth-order valence-electron chi connectivity index (χ4n) is 0.861. The zero-order valence-electron chi connectivity index (χ0n) is 8.73. The van der Waals surface area contributed by atoms with Gasteiger partial charge in [0.1, 0.15) is 9.84 Å². The fraction of sp³-hybridized carbons (Fsp3) is 1.00. The Morgan fingerprint density at radius 3 is 2.20 bits per heavy atom. The van der Waals surface area contributed by atoms with E-state index in [1.165, 1.54) is 0 Å². The van der Waals surface area contributed by atoms with Crippen molar-refractivity contribution in [3.05, 3.63) is 0 Å². The van der Waals surface area contributed by atoms with Gasteiger partial charge < -0.3 is 0 Å². The summed E-state index contributed by atoms with van der Waals surface area (Å²) in [6, 6.07) is 0. The standard InChI is InChI=1S/C7H16ClNO4S2/c1-7(5-8)6-15(12,13)9-3-4-14(2,10)11/h7,9H,3-6H2,1-2H3. The number of sulfone groups is 1. The molecular formula is C7H16ClNO4S2. The van der Waals surface area contributed by atoms with Gasteiger partial charge in [0, 0.05) is 18.7 Å². The van der Waals surface area contributed by atoms with Crippen LogP contribution in [0.1, 0.15) is 6.92 Å². The van der Waals surface area contributed by atoms with E-state index in [0.29, 0.717) is 0 Å². The molecule has 0 rings (SSSR count). The maximum Gasteiger partial charge on any atom is 0.211 e. The summed E-state index contributed by atoms with van der Waals surface area (Å²) in [5.74, 6) is -0.170. The maximum absolute atomic E-state index is 11.3. The lowest BCUT2D eigenvalue weighted by atomic mass is 10.3. The van der Waals surface area contributed by atoms with Crippen LogP contribution in [0.15, 0.2) is 0 Å². The molecule has 0 saturated carbocycles. The van der Waals surface area contributed by atoms with E-state index in [1.807, 2.05) is 0 Å². The molecule has 0 spiro atoms. The van der Waals surface area contributed by atoms with Gasteiger partial charge in [0.2, 0.25) is 10.0 Å². The van der Waals surface area contributed by atoms with Crippen molar-refractivity contribution >= 4 is 31.5 Å². The zero-order chi connectivity index (χ0) is 12.1. The third-order valence-corrected chi connectivity index (χ3v) is 4.69. The molecule has 1 unspecified atom stereocenters. The van der Waals surface area contributed by atoms with Crippen LogP contribution in [-0.4, -0.2) is 47.0 Å². The molecule has 1 N–H and O–H groups in total. The summed E-state index contributed by atoms with van der Waals surface area (Å²) in [6.07, 6.45) is 1.06. The average molecular weight is 278 g/mol. The van der Waals surface area contributed by atoms with Crippen molar-refractivity contribution < 1.29 is 16.8 Å². The topological polar surface area (TPSA) is 80.3 Å². The molecule has 0 radical (unpaired) electrons. The second kappa shape index (κ2) is 6.03.